The minimum absolute atomic E-state index is 0.0394. The van der Waals surface area contributed by atoms with E-state index in [4.69, 9.17) is 17.3 Å². The highest BCUT2D eigenvalue weighted by atomic mass is 35.5. The molecule has 0 saturated heterocycles. The van der Waals surface area contributed by atoms with Crippen LogP contribution in [0.15, 0.2) is 29.7 Å². The maximum Gasteiger partial charge on any atom is 0.243 e. The highest BCUT2D eigenvalue weighted by molar-refractivity contribution is 7.89. The van der Waals surface area contributed by atoms with Gasteiger partial charge >= 0.3 is 0 Å². The van der Waals surface area contributed by atoms with Crippen molar-refractivity contribution < 1.29 is 12.8 Å². The molecule has 0 saturated carbocycles. The van der Waals surface area contributed by atoms with Crippen molar-refractivity contribution >= 4 is 21.6 Å². The molecule has 0 bridgehead atoms. The molecule has 0 fully saturated rings. The molecule has 4 nitrogen and oxygen atoms in total. The summed E-state index contributed by atoms with van der Waals surface area (Å²) >= 11 is 5.74. The molecule has 0 aliphatic rings. The number of benzene rings is 1. The smallest absolute Gasteiger partial charge is 0.243 e. The van der Waals surface area contributed by atoms with Crippen LogP contribution in [0.3, 0.4) is 0 Å². The van der Waals surface area contributed by atoms with Crippen molar-refractivity contribution in [2.45, 2.75) is 31.3 Å². The molecular weight excluding hydrogens is 303 g/mol. The molecule has 0 unspecified atom stereocenters. The number of hydrogen-bond donors (Lipinski definition) is 1. The van der Waals surface area contributed by atoms with E-state index >= 15 is 0 Å². The van der Waals surface area contributed by atoms with Gasteiger partial charge in [-0.05, 0) is 31.5 Å². The Morgan fingerprint density at radius 1 is 1.50 bits per heavy atom. The molecule has 7 heteroatoms. The summed E-state index contributed by atoms with van der Waals surface area (Å²) in [6.45, 7) is 7.10. The van der Waals surface area contributed by atoms with Crippen molar-refractivity contribution in [3.63, 3.8) is 0 Å². The number of nitrogens with zero attached hydrogens (tertiary/aromatic N) is 1. The third-order valence-corrected chi connectivity index (χ3v) is 5.23. The van der Waals surface area contributed by atoms with Crippen LogP contribution in [0.1, 0.15) is 19.4 Å². The summed E-state index contributed by atoms with van der Waals surface area (Å²) in [6.07, 6.45) is 1.48. The van der Waals surface area contributed by atoms with Gasteiger partial charge in [-0.25, -0.2) is 12.8 Å². The molecule has 0 radical (unpaired) electrons. The van der Waals surface area contributed by atoms with E-state index in [1.54, 1.807) is 13.8 Å². The third-order valence-electron chi connectivity index (χ3n) is 2.79. The summed E-state index contributed by atoms with van der Waals surface area (Å²) in [7, 11) is -3.83. The van der Waals surface area contributed by atoms with E-state index < -0.39 is 15.8 Å². The Bertz CT molecular complexity index is 603. The molecule has 0 spiro atoms. The third kappa shape index (κ3) is 3.38. The molecule has 0 aliphatic heterocycles. The minimum atomic E-state index is -3.83. The van der Waals surface area contributed by atoms with E-state index in [0.717, 1.165) is 6.07 Å². The minimum Gasteiger partial charge on any atom is -0.326 e. The van der Waals surface area contributed by atoms with Gasteiger partial charge in [0.15, 0.2) is 0 Å². The normalized spacial score (nSPS) is 12.2. The first-order valence-corrected chi connectivity index (χ1v) is 7.88. The van der Waals surface area contributed by atoms with Crippen molar-refractivity contribution in [3.05, 3.63) is 41.2 Å². The monoisotopic (exact) mass is 320 g/mol. The summed E-state index contributed by atoms with van der Waals surface area (Å²) in [5, 5.41) is -0.147. The van der Waals surface area contributed by atoms with Crippen LogP contribution < -0.4 is 5.73 Å². The number of hydrogen-bond acceptors (Lipinski definition) is 3. The Morgan fingerprint density at radius 3 is 2.55 bits per heavy atom. The molecule has 1 rings (SSSR count). The first-order chi connectivity index (χ1) is 9.25. The average molecular weight is 321 g/mol. The van der Waals surface area contributed by atoms with Crippen LogP contribution in [0.25, 0.3) is 0 Å². The van der Waals surface area contributed by atoms with Gasteiger partial charge in [-0.3, -0.25) is 0 Å². The van der Waals surface area contributed by atoms with Gasteiger partial charge in [0.05, 0.1) is 9.92 Å². The van der Waals surface area contributed by atoms with Crippen LogP contribution in [0, 0.1) is 5.82 Å². The van der Waals surface area contributed by atoms with E-state index in [0.29, 0.717) is 0 Å². The average Bonchev–Trinajstić information content (AvgIpc) is 2.38. The zero-order valence-electron chi connectivity index (χ0n) is 11.4. The molecule has 1 aromatic carbocycles. The first-order valence-electron chi connectivity index (χ1n) is 6.06. The summed E-state index contributed by atoms with van der Waals surface area (Å²) < 4.78 is 40.0. The van der Waals surface area contributed by atoms with Crippen LogP contribution in [0.2, 0.25) is 5.02 Å². The fourth-order valence-corrected chi connectivity index (χ4v) is 3.62. The number of sulfonamides is 1. The Hall–Kier alpha value is -0.950. The number of nitrogens with two attached hydrogens (primary N) is 1. The van der Waals surface area contributed by atoms with Crippen molar-refractivity contribution in [2.24, 2.45) is 5.73 Å². The molecule has 0 amide bonds. The molecule has 0 heterocycles. The first kappa shape index (κ1) is 17.1. The van der Waals surface area contributed by atoms with Crippen LogP contribution in [-0.4, -0.2) is 25.3 Å². The molecule has 0 aliphatic carbocycles. The van der Waals surface area contributed by atoms with Crippen LogP contribution in [0.5, 0.6) is 0 Å². The Labute approximate surface area is 124 Å². The second kappa shape index (κ2) is 6.67. The van der Waals surface area contributed by atoms with Crippen molar-refractivity contribution in [2.75, 3.05) is 6.54 Å². The zero-order chi connectivity index (χ0) is 15.5. The topological polar surface area (TPSA) is 63.4 Å². The van der Waals surface area contributed by atoms with Gasteiger partial charge in [-0.15, -0.1) is 6.58 Å². The largest absolute Gasteiger partial charge is 0.326 e. The maximum atomic E-state index is 13.7. The molecule has 1 aromatic rings. The zero-order valence-corrected chi connectivity index (χ0v) is 13.0. The summed E-state index contributed by atoms with van der Waals surface area (Å²) in [5.74, 6) is -0.796. The lowest BCUT2D eigenvalue weighted by atomic mass is 10.2. The summed E-state index contributed by atoms with van der Waals surface area (Å²) in [4.78, 5) is -0.157. The predicted molar refractivity (Wildman–Crippen MR) is 78.5 cm³/mol. The fraction of sp³-hybridized carbons (Fsp3) is 0.385. The second-order valence-corrected chi connectivity index (χ2v) is 6.81. The van der Waals surface area contributed by atoms with E-state index in [-0.39, 0.29) is 34.6 Å². The molecular formula is C13H18ClFN2O2S. The van der Waals surface area contributed by atoms with Crippen LogP contribution in [0.4, 0.5) is 4.39 Å². The number of rotatable bonds is 6. The second-order valence-electron chi connectivity index (χ2n) is 4.54. The maximum absolute atomic E-state index is 13.7. The van der Waals surface area contributed by atoms with Gasteiger partial charge in [0, 0.05) is 19.1 Å². The van der Waals surface area contributed by atoms with Crippen molar-refractivity contribution in [1.82, 2.24) is 4.31 Å². The molecule has 2 N–H and O–H groups in total. The SMILES string of the molecule is C=CCN(C(C)C)S(=O)(=O)c1cc(F)c(Cl)c(CN)c1. The molecule has 0 aromatic heterocycles. The lowest BCUT2D eigenvalue weighted by molar-refractivity contribution is 0.382. The van der Waals surface area contributed by atoms with Crippen molar-refractivity contribution in [3.8, 4) is 0 Å². The van der Waals surface area contributed by atoms with Gasteiger partial charge in [-0.2, -0.15) is 4.31 Å². The molecule has 112 valence electrons. The Kier molecular flexibility index (Phi) is 5.70. The van der Waals surface area contributed by atoms with Gasteiger partial charge in [0.25, 0.3) is 0 Å². The van der Waals surface area contributed by atoms with Gasteiger partial charge in [-0.1, -0.05) is 17.7 Å². The summed E-state index contributed by atoms with van der Waals surface area (Å²) in [5.41, 5.74) is 5.71. The van der Waals surface area contributed by atoms with Gasteiger partial charge in [0.1, 0.15) is 5.82 Å². The predicted octanol–water partition coefficient (Wildman–Crippen LogP) is 2.52. The van der Waals surface area contributed by atoms with E-state index in [1.807, 2.05) is 0 Å². The lowest BCUT2D eigenvalue weighted by Crippen LogP contribution is -2.37. The van der Waals surface area contributed by atoms with Gasteiger partial charge in [0.2, 0.25) is 10.0 Å². The Morgan fingerprint density at radius 2 is 2.10 bits per heavy atom. The van der Waals surface area contributed by atoms with Crippen LogP contribution in [-0.2, 0) is 16.6 Å². The van der Waals surface area contributed by atoms with E-state index in [9.17, 15) is 12.8 Å². The lowest BCUT2D eigenvalue weighted by Gasteiger charge is -2.25. The van der Waals surface area contributed by atoms with Gasteiger partial charge < -0.3 is 5.73 Å². The highest BCUT2D eigenvalue weighted by Gasteiger charge is 2.27. The quantitative estimate of drug-likeness (QED) is 0.819. The highest BCUT2D eigenvalue weighted by Crippen LogP contribution is 2.26. The Balaban J connectivity index is 3.41. The van der Waals surface area contributed by atoms with E-state index in [1.165, 1.54) is 16.4 Å². The fourth-order valence-electron chi connectivity index (χ4n) is 1.76. The molecule has 0 atom stereocenters. The summed E-state index contributed by atoms with van der Waals surface area (Å²) in [6, 6.07) is 1.94. The van der Waals surface area contributed by atoms with Crippen molar-refractivity contribution in [1.29, 1.82) is 0 Å². The molecule has 20 heavy (non-hydrogen) atoms. The standard InChI is InChI=1S/C13H18ClFN2O2S/c1-4-5-17(9(2)3)20(18,19)11-6-10(8-16)13(14)12(15)7-11/h4,6-7,9H,1,5,8,16H2,2-3H3. The number of halogens is 2. The van der Waals surface area contributed by atoms with E-state index in [2.05, 4.69) is 6.58 Å². The van der Waals surface area contributed by atoms with Crippen LogP contribution >= 0.6 is 11.6 Å².